The molecule has 84 valence electrons. The Kier molecular flexibility index (Phi) is 5.18. The fourth-order valence-electron chi connectivity index (χ4n) is 1.10. The van der Waals surface area contributed by atoms with Crippen LogP contribution in [0.5, 0.6) is 5.88 Å². The standard InChI is InChI=1S/C10H16ClN3O/c1-8(3-4-11)5-13-9-6-12-7-10(14-9)15-2/h6-8H,3-5H2,1-2H3,(H,13,14). The number of rotatable bonds is 6. The van der Waals surface area contributed by atoms with Gasteiger partial charge in [-0.15, -0.1) is 11.6 Å². The summed E-state index contributed by atoms with van der Waals surface area (Å²) in [6.07, 6.45) is 4.25. The van der Waals surface area contributed by atoms with Crippen LogP contribution in [0.3, 0.4) is 0 Å². The maximum atomic E-state index is 5.65. The van der Waals surface area contributed by atoms with Crippen LogP contribution >= 0.6 is 11.6 Å². The lowest BCUT2D eigenvalue weighted by molar-refractivity contribution is 0.396. The minimum atomic E-state index is 0.519. The topological polar surface area (TPSA) is 47.0 Å². The van der Waals surface area contributed by atoms with Gasteiger partial charge in [-0.05, 0) is 12.3 Å². The van der Waals surface area contributed by atoms with Crippen molar-refractivity contribution in [1.82, 2.24) is 9.97 Å². The minimum Gasteiger partial charge on any atom is -0.480 e. The molecule has 5 heteroatoms. The van der Waals surface area contributed by atoms with E-state index in [0.717, 1.165) is 18.8 Å². The summed E-state index contributed by atoms with van der Waals surface area (Å²) in [7, 11) is 1.57. The second kappa shape index (κ2) is 6.45. The fourth-order valence-corrected chi connectivity index (χ4v) is 1.47. The third kappa shape index (κ3) is 4.34. The van der Waals surface area contributed by atoms with E-state index in [1.165, 1.54) is 0 Å². The first kappa shape index (κ1) is 12.0. The summed E-state index contributed by atoms with van der Waals surface area (Å²) >= 11 is 5.65. The molecule has 1 aromatic heterocycles. The van der Waals surface area contributed by atoms with Crippen LogP contribution in [0.1, 0.15) is 13.3 Å². The SMILES string of the molecule is COc1cncc(NCC(C)CCCl)n1. The molecule has 0 amide bonds. The first-order valence-corrected chi connectivity index (χ1v) is 5.45. The van der Waals surface area contributed by atoms with Crippen molar-refractivity contribution >= 4 is 17.4 Å². The summed E-state index contributed by atoms with van der Waals surface area (Å²) in [6, 6.07) is 0. The number of anilines is 1. The number of nitrogens with one attached hydrogen (secondary N) is 1. The molecular formula is C10H16ClN3O. The van der Waals surface area contributed by atoms with Crippen LogP contribution in [-0.4, -0.2) is 29.5 Å². The largest absolute Gasteiger partial charge is 0.480 e. The average molecular weight is 230 g/mol. The average Bonchev–Trinajstić information content (AvgIpc) is 2.27. The van der Waals surface area contributed by atoms with Crippen molar-refractivity contribution < 1.29 is 4.74 Å². The van der Waals surface area contributed by atoms with Gasteiger partial charge < -0.3 is 10.1 Å². The summed E-state index contributed by atoms with van der Waals surface area (Å²) in [4.78, 5) is 8.20. The molecule has 0 saturated carbocycles. The molecule has 1 heterocycles. The van der Waals surface area contributed by atoms with Crippen LogP contribution < -0.4 is 10.1 Å². The van der Waals surface area contributed by atoms with Gasteiger partial charge in [-0.2, -0.15) is 4.98 Å². The van der Waals surface area contributed by atoms with E-state index in [4.69, 9.17) is 16.3 Å². The Morgan fingerprint density at radius 2 is 2.33 bits per heavy atom. The maximum Gasteiger partial charge on any atom is 0.233 e. The molecule has 1 atom stereocenters. The van der Waals surface area contributed by atoms with E-state index in [1.807, 2.05) is 0 Å². The summed E-state index contributed by atoms with van der Waals surface area (Å²) in [5.74, 6) is 2.46. The lowest BCUT2D eigenvalue weighted by Crippen LogP contribution is -2.12. The predicted molar refractivity (Wildman–Crippen MR) is 61.6 cm³/mol. The highest BCUT2D eigenvalue weighted by atomic mass is 35.5. The van der Waals surface area contributed by atoms with Crippen LogP contribution in [0.25, 0.3) is 0 Å². The molecule has 0 aliphatic rings. The monoisotopic (exact) mass is 229 g/mol. The van der Waals surface area contributed by atoms with E-state index in [2.05, 4.69) is 22.2 Å². The molecular weight excluding hydrogens is 214 g/mol. The number of nitrogens with zero attached hydrogens (tertiary/aromatic N) is 2. The van der Waals surface area contributed by atoms with Gasteiger partial charge in [0.1, 0.15) is 5.82 Å². The molecule has 0 saturated heterocycles. The molecule has 0 bridgehead atoms. The number of alkyl halides is 1. The Bertz CT molecular complexity index is 296. The molecule has 1 unspecified atom stereocenters. The van der Waals surface area contributed by atoms with Crippen LogP contribution in [0.2, 0.25) is 0 Å². The highest BCUT2D eigenvalue weighted by Crippen LogP contribution is 2.10. The van der Waals surface area contributed by atoms with Crippen LogP contribution in [-0.2, 0) is 0 Å². The van der Waals surface area contributed by atoms with Crippen molar-refractivity contribution in [3.8, 4) is 5.88 Å². The molecule has 0 aliphatic heterocycles. The second-order valence-electron chi connectivity index (χ2n) is 3.41. The quantitative estimate of drug-likeness (QED) is 0.760. The lowest BCUT2D eigenvalue weighted by atomic mass is 10.1. The number of methoxy groups -OCH3 is 1. The molecule has 1 rings (SSSR count). The molecule has 1 N–H and O–H groups in total. The van der Waals surface area contributed by atoms with Gasteiger partial charge in [0.05, 0.1) is 19.5 Å². The highest BCUT2D eigenvalue weighted by molar-refractivity contribution is 6.17. The third-order valence-corrected chi connectivity index (χ3v) is 2.27. The first-order valence-electron chi connectivity index (χ1n) is 4.92. The summed E-state index contributed by atoms with van der Waals surface area (Å²) < 4.78 is 4.97. The zero-order valence-corrected chi connectivity index (χ0v) is 9.79. The molecule has 15 heavy (non-hydrogen) atoms. The van der Waals surface area contributed by atoms with Gasteiger partial charge in [-0.25, -0.2) is 0 Å². The van der Waals surface area contributed by atoms with Crippen molar-refractivity contribution in [1.29, 1.82) is 0 Å². The molecule has 0 fully saturated rings. The normalized spacial score (nSPS) is 12.2. The Morgan fingerprint density at radius 1 is 1.53 bits per heavy atom. The number of hydrogen-bond acceptors (Lipinski definition) is 4. The predicted octanol–water partition coefficient (Wildman–Crippen LogP) is 2.16. The van der Waals surface area contributed by atoms with E-state index in [0.29, 0.717) is 17.7 Å². The minimum absolute atomic E-state index is 0.519. The zero-order valence-electron chi connectivity index (χ0n) is 9.03. The molecule has 1 aromatic rings. The first-order chi connectivity index (χ1) is 7.26. The summed E-state index contributed by atoms with van der Waals surface area (Å²) in [5, 5.41) is 3.19. The van der Waals surface area contributed by atoms with Crippen molar-refractivity contribution in [2.45, 2.75) is 13.3 Å². The smallest absolute Gasteiger partial charge is 0.233 e. The lowest BCUT2D eigenvalue weighted by Gasteiger charge is -2.11. The summed E-state index contributed by atoms with van der Waals surface area (Å²) in [6.45, 7) is 2.98. The van der Waals surface area contributed by atoms with E-state index in [1.54, 1.807) is 19.5 Å². The van der Waals surface area contributed by atoms with E-state index in [9.17, 15) is 0 Å². The van der Waals surface area contributed by atoms with Gasteiger partial charge in [0, 0.05) is 12.4 Å². The number of aromatic nitrogens is 2. The molecule has 0 radical (unpaired) electrons. The molecule has 0 aliphatic carbocycles. The van der Waals surface area contributed by atoms with Gasteiger partial charge in [-0.1, -0.05) is 6.92 Å². The Balaban J connectivity index is 2.43. The van der Waals surface area contributed by atoms with E-state index < -0.39 is 0 Å². The number of hydrogen-bond donors (Lipinski definition) is 1. The molecule has 0 aromatic carbocycles. The Labute approximate surface area is 95.0 Å². The van der Waals surface area contributed by atoms with Crippen LogP contribution in [0.15, 0.2) is 12.4 Å². The number of halogens is 1. The van der Waals surface area contributed by atoms with E-state index in [-0.39, 0.29) is 0 Å². The maximum absolute atomic E-state index is 5.65. The van der Waals surface area contributed by atoms with Gasteiger partial charge >= 0.3 is 0 Å². The van der Waals surface area contributed by atoms with Gasteiger partial charge in [-0.3, -0.25) is 4.98 Å². The van der Waals surface area contributed by atoms with Crippen LogP contribution in [0.4, 0.5) is 5.82 Å². The summed E-state index contributed by atoms with van der Waals surface area (Å²) in [5.41, 5.74) is 0. The second-order valence-corrected chi connectivity index (χ2v) is 3.79. The Morgan fingerprint density at radius 3 is 3.00 bits per heavy atom. The molecule has 0 spiro atoms. The van der Waals surface area contributed by atoms with Crippen molar-refractivity contribution in [3.05, 3.63) is 12.4 Å². The fraction of sp³-hybridized carbons (Fsp3) is 0.600. The van der Waals surface area contributed by atoms with Gasteiger partial charge in [0.2, 0.25) is 5.88 Å². The van der Waals surface area contributed by atoms with Crippen molar-refractivity contribution in [3.63, 3.8) is 0 Å². The Hall–Kier alpha value is -1.03. The zero-order chi connectivity index (χ0) is 11.1. The molecule has 4 nitrogen and oxygen atoms in total. The van der Waals surface area contributed by atoms with Crippen molar-refractivity contribution in [2.24, 2.45) is 5.92 Å². The van der Waals surface area contributed by atoms with Gasteiger partial charge in [0.15, 0.2) is 0 Å². The number of ether oxygens (including phenoxy) is 1. The van der Waals surface area contributed by atoms with Gasteiger partial charge in [0.25, 0.3) is 0 Å². The highest BCUT2D eigenvalue weighted by Gasteiger charge is 2.02. The van der Waals surface area contributed by atoms with E-state index >= 15 is 0 Å². The van der Waals surface area contributed by atoms with Crippen LogP contribution in [0, 0.1) is 5.92 Å². The third-order valence-electron chi connectivity index (χ3n) is 2.06. The van der Waals surface area contributed by atoms with Crippen molar-refractivity contribution in [2.75, 3.05) is 24.9 Å².